The van der Waals surface area contributed by atoms with E-state index in [9.17, 15) is 5.11 Å². The molecular weight excluding hydrogens is 274 g/mol. The molecule has 3 nitrogen and oxygen atoms in total. The number of aliphatic hydroxyl groups excluding tert-OH is 2. The maximum absolute atomic E-state index is 9.54. The highest BCUT2D eigenvalue weighted by Crippen LogP contribution is 2.11. The molecule has 0 aliphatic heterocycles. The van der Waals surface area contributed by atoms with Crippen LogP contribution in [0.3, 0.4) is 0 Å². The van der Waals surface area contributed by atoms with Gasteiger partial charge in [-0.3, -0.25) is 0 Å². The summed E-state index contributed by atoms with van der Waals surface area (Å²) in [6.07, 6.45) is 12.6. The van der Waals surface area contributed by atoms with Crippen LogP contribution in [0.1, 0.15) is 50.5 Å². The maximum Gasteiger partial charge on any atom is 0.0894 e. The van der Waals surface area contributed by atoms with Gasteiger partial charge >= 0.3 is 0 Å². The number of hydrogen-bond acceptors (Lipinski definition) is 3. The first kappa shape index (κ1) is 18.9. The second-order valence-electron chi connectivity index (χ2n) is 5.91. The molecule has 2 atom stereocenters. The Morgan fingerprint density at radius 2 is 1.59 bits per heavy atom. The van der Waals surface area contributed by atoms with Crippen LogP contribution in [0.25, 0.3) is 0 Å². The molecule has 0 amide bonds. The number of benzene rings is 1. The summed E-state index contributed by atoms with van der Waals surface area (Å²) in [6, 6.07) is 10.1. The minimum atomic E-state index is -0.733. The van der Waals surface area contributed by atoms with Crippen molar-refractivity contribution in [3.05, 3.63) is 48.0 Å². The Bertz CT molecular complexity index is 392. The number of nitrogens with two attached hydrogens (primary N) is 1. The Hall–Kier alpha value is -1.16. The summed E-state index contributed by atoms with van der Waals surface area (Å²) in [5.41, 5.74) is 6.95. The van der Waals surface area contributed by atoms with Gasteiger partial charge in [0.05, 0.1) is 18.8 Å². The highest BCUT2D eigenvalue weighted by Gasteiger charge is 2.08. The fourth-order valence-electron chi connectivity index (χ4n) is 2.43. The Kier molecular flexibility index (Phi) is 10.6. The summed E-state index contributed by atoms with van der Waals surface area (Å²) < 4.78 is 0. The van der Waals surface area contributed by atoms with Gasteiger partial charge in [-0.25, -0.2) is 0 Å². The predicted molar refractivity (Wildman–Crippen MR) is 92.7 cm³/mol. The number of unbranched alkanes of at least 4 members (excludes halogenated alkanes) is 6. The number of rotatable bonds is 12. The summed E-state index contributed by atoms with van der Waals surface area (Å²) in [4.78, 5) is 0. The topological polar surface area (TPSA) is 66.5 Å². The van der Waals surface area contributed by atoms with E-state index in [1.54, 1.807) is 6.08 Å². The smallest absolute Gasteiger partial charge is 0.0894 e. The molecule has 0 saturated carbocycles. The minimum Gasteiger partial charge on any atom is -0.395 e. The van der Waals surface area contributed by atoms with Crippen molar-refractivity contribution in [1.82, 2.24) is 0 Å². The van der Waals surface area contributed by atoms with Gasteiger partial charge in [-0.1, -0.05) is 68.2 Å². The third kappa shape index (κ3) is 8.98. The standard InChI is InChI=1S/C19H31NO2/c20-18(16-21)19(22)15-11-6-4-2-1-3-5-8-12-17-13-9-7-10-14-17/h7,9-11,13-15,18-19,21-22H,1-6,8,12,16,20H2/b15-11+/t18-,19+/m0/s1. The van der Waals surface area contributed by atoms with E-state index in [2.05, 4.69) is 30.3 Å². The van der Waals surface area contributed by atoms with Crippen LogP contribution >= 0.6 is 0 Å². The monoisotopic (exact) mass is 305 g/mol. The van der Waals surface area contributed by atoms with Gasteiger partial charge in [-0.15, -0.1) is 0 Å². The van der Waals surface area contributed by atoms with Gasteiger partial charge in [-0.2, -0.15) is 0 Å². The van der Waals surface area contributed by atoms with Crippen molar-refractivity contribution in [1.29, 1.82) is 0 Å². The van der Waals surface area contributed by atoms with Crippen molar-refractivity contribution in [2.75, 3.05) is 6.61 Å². The van der Waals surface area contributed by atoms with E-state index in [0.717, 1.165) is 12.8 Å². The quantitative estimate of drug-likeness (QED) is 0.410. The molecular formula is C19H31NO2. The molecule has 0 saturated heterocycles. The molecule has 0 spiro atoms. The molecule has 4 N–H and O–H groups in total. The maximum atomic E-state index is 9.54. The first-order valence-electron chi connectivity index (χ1n) is 8.49. The summed E-state index contributed by atoms with van der Waals surface area (Å²) in [5.74, 6) is 0. The van der Waals surface area contributed by atoms with Crippen molar-refractivity contribution < 1.29 is 10.2 Å². The van der Waals surface area contributed by atoms with Crippen LogP contribution in [0.2, 0.25) is 0 Å². The van der Waals surface area contributed by atoms with Gasteiger partial charge in [-0.05, 0) is 31.2 Å². The Labute approximate surface area is 134 Å². The van der Waals surface area contributed by atoms with E-state index in [1.165, 1.54) is 44.1 Å². The number of aliphatic hydroxyl groups is 2. The highest BCUT2D eigenvalue weighted by atomic mass is 16.3. The second kappa shape index (κ2) is 12.4. The van der Waals surface area contributed by atoms with E-state index in [-0.39, 0.29) is 6.61 Å². The Morgan fingerprint density at radius 1 is 0.955 bits per heavy atom. The summed E-state index contributed by atoms with van der Waals surface area (Å²) in [7, 11) is 0. The molecule has 124 valence electrons. The highest BCUT2D eigenvalue weighted by molar-refractivity contribution is 5.14. The summed E-state index contributed by atoms with van der Waals surface area (Å²) in [5, 5.41) is 18.3. The lowest BCUT2D eigenvalue weighted by molar-refractivity contribution is 0.144. The third-order valence-corrected chi connectivity index (χ3v) is 3.91. The van der Waals surface area contributed by atoms with Crippen LogP contribution in [0.5, 0.6) is 0 Å². The van der Waals surface area contributed by atoms with Gasteiger partial charge in [0.1, 0.15) is 0 Å². The second-order valence-corrected chi connectivity index (χ2v) is 5.91. The lowest BCUT2D eigenvalue weighted by Crippen LogP contribution is -2.36. The van der Waals surface area contributed by atoms with Gasteiger partial charge in [0.25, 0.3) is 0 Å². The Morgan fingerprint density at radius 3 is 2.27 bits per heavy atom. The minimum absolute atomic E-state index is 0.186. The summed E-state index contributed by atoms with van der Waals surface area (Å²) in [6.45, 7) is -0.186. The van der Waals surface area contributed by atoms with Gasteiger partial charge in [0, 0.05) is 0 Å². The molecule has 22 heavy (non-hydrogen) atoms. The van der Waals surface area contributed by atoms with E-state index in [0.29, 0.717) is 0 Å². The average Bonchev–Trinajstić information content (AvgIpc) is 2.56. The van der Waals surface area contributed by atoms with Crippen molar-refractivity contribution in [3.8, 4) is 0 Å². The average molecular weight is 305 g/mol. The Balaban J connectivity index is 1.90. The normalized spacial score (nSPS) is 14.3. The third-order valence-electron chi connectivity index (χ3n) is 3.91. The van der Waals surface area contributed by atoms with Crippen LogP contribution in [-0.4, -0.2) is 29.0 Å². The van der Waals surface area contributed by atoms with Gasteiger partial charge in [0.15, 0.2) is 0 Å². The molecule has 1 aromatic carbocycles. The zero-order chi connectivity index (χ0) is 16.0. The van der Waals surface area contributed by atoms with Crippen LogP contribution in [0, 0.1) is 0 Å². The van der Waals surface area contributed by atoms with Gasteiger partial charge < -0.3 is 15.9 Å². The first-order valence-corrected chi connectivity index (χ1v) is 8.49. The summed E-state index contributed by atoms with van der Waals surface area (Å²) >= 11 is 0. The van der Waals surface area contributed by atoms with E-state index in [1.807, 2.05) is 6.08 Å². The van der Waals surface area contributed by atoms with Crippen molar-refractivity contribution in [2.45, 2.75) is 63.5 Å². The van der Waals surface area contributed by atoms with E-state index in [4.69, 9.17) is 10.8 Å². The lowest BCUT2D eigenvalue weighted by Gasteiger charge is -2.11. The number of allylic oxidation sites excluding steroid dienone is 1. The van der Waals surface area contributed by atoms with Crippen LogP contribution < -0.4 is 5.73 Å². The molecule has 0 aromatic heterocycles. The molecule has 0 fully saturated rings. The van der Waals surface area contributed by atoms with E-state index >= 15 is 0 Å². The van der Waals surface area contributed by atoms with Crippen LogP contribution in [-0.2, 0) is 6.42 Å². The van der Waals surface area contributed by atoms with Crippen molar-refractivity contribution in [3.63, 3.8) is 0 Å². The zero-order valence-electron chi connectivity index (χ0n) is 13.5. The zero-order valence-corrected chi connectivity index (χ0v) is 13.5. The molecule has 3 heteroatoms. The lowest BCUT2D eigenvalue weighted by atomic mass is 10.0. The fourth-order valence-corrected chi connectivity index (χ4v) is 2.43. The number of aryl methyl sites for hydroxylation is 1. The molecule has 0 aliphatic rings. The molecule has 0 aliphatic carbocycles. The van der Waals surface area contributed by atoms with Crippen LogP contribution in [0.4, 0.5) is 0 Å². The molecule has 0 unspecified atom stereocenters. The fraction of sp³-hybridized carbons (Fsp3) is 0.579. The molecule has 0 radical (unpaired) electrons. The van der Waals surface area contributed by atoms with Gasteiger partial charge in [0.2, 0.25) is 0 Å². The first-order chi connectivity index (χ1) is 10.7. The molecule has 1 aromatic rings. The van der Waals surface area contributed by atoms with Crippen molar-refractivity contribution in [2.24, 2.45) is 5.73 Å². The van der Waals surface area contributed by atoms with Crippen molar-refractivity contribution >= 4 is 0 Å². The molecule has 0 heterocycles. The SMILES string of the molecule is N[C@@H](CO)[C@H](O)/C=C/CCCCCCCCc1ccccc1. The van der Waals surface area contributed by atoms with E-state index < -0.39 is 12.1 Å². The molecule has 0 bridgehead atoms. The number of hydrogen-bond donors (Lipinski definition) is 3. The van der Waals surface area contributed by atoms with Crippen LogP contribution in [0.15, 0.2) is 42.5 Å². The molecule has 1 rings (SSSR count). The predicted octanol–water partition coefficient (Wildman–Crippen LogP) is 3.20. The largest absolute Gasteiger partial charge is 0.395 e.